The van der Waals surface area contributed by atoms with Crippen molar-refractivity contribution in [2.75, 3.05) is 0 Å². The second-order valence-electron chi connectivity index (χ2n) is 16.9. The van der Waals surface area contributed by atoms with E-state index < -0.39 is 0 Å². The average Bonchev–Trinajstić information content (AvgIpc) is 3.97. The Kier molecular flexibility index (Phi) is 6.86. The number of benzene rings is 11. The number of aromatic nitrogens is 2. The van der Waals surface area contributed by atoms with Gasteiger partial charge in [0.15, 0.2) is 0 Å². The van der Waals surface area contributed by atoms with E-state index in [1.165, 1.54) is 120 Å². The molecule has 11 aromatic carbocycles. The fourth-order valence-electron chi connectivity index (χ4n) is 10.8. The van der Waals surface area contributed by atoms with Gasteiger partial charge in [0.1, 0.15) is 0 Å². The van der Waals surface area contributed by atoms with E-state index >= 15 is 0 Å². The van der Waals surface area contributed by atoms with E-state index in [2.05, 4.69) is 228 Å². The highest BCUT2D eigenvalue weighted by Crippen LogP contribution is 2.48. The minimum atomic E-state index is 1.15. The maximum atomic E-state index is 2.50. The Hall–Kier alpha value is -8.20. The van der Waals surface area contributed by atoms with Crippen LogP contribution < -0.4 is 0 Å². The van der Waals surface area contributed by atoms with Crippen LogP contribution in [0.3, 0.4) is 0 Å². The van der Waals surface area contributed by atoms with Gasteiger partial charge in [-0.3, -0.25) is 0 Å². The van der Waals surface area contributed by atoms with Crippen LogP contribution in [0.15, 0.2) is 218 Å². The molecule has 0 spiro atoms. The summed E-state index contributed by atoms with van der Waals surface area (Å²) in [4.78, 5) is 0. The van der Waals surface area contributed by atoms with Gasteiger partial charge in [-0.05, 0) is 126 Å². The summed E-state index contributed by atoms with van der Waals surface area (Å²) in [6.07, 6.45) is 0. The van der Waals surface area contributed by atoms with Crippen molar-refractivity contribution in [3.63, 3.8) is 0 Å². The summed E-state index contributed by atoms with van der Waals surface area (Å²) < 4.78 is 4.90. The molecule has 0 aliphatic heterocycles. The predicted octanol–water partition coefficient (Wildman–Crippen LogP) is 16.3. The van der Waals surface area contributed by atoms with Crippen LogP contribution in [0.4, 0.5) is 0 Å². The molecule has 0 saturated carbocycles. The molecule has 0 saturated heterocycles. The van der Waals surface area contributed by atoms with Gasteiger partial charge < -0.3 is 9.13 Å². The summed E-state index contributed by atoms with van der Waals surface area (Å²) in [6.45, 7) is 0. The molecule has 0 amide bonds. The lowest BCUT2D eigenvalue weighted by Crippen LogP contribution is -1.95. The van der Waals surface area contributed by atoms with Crippen LogP contribution in [0, 0.1) is 0 Å². The van der Waals surface area contributed by atoms with Gasteiger partial charge in [-0.1, -0.05) is 164 Å². The van der Waals surface area contributed by atoms with Crippen LogP contribution >= 0.6 is 0 Å². The van der Waals surface area contributed by atoms with Gasteiger partial charge in [-0.25, -0.2) is 0 Å². The first kappa shape index (κ1) is 33.6. The third-order valence-electron chi connectivity index (χ3n) is 13.6. The van der Waals surface area contributed by atoms with Gasteiger partial charge >= 0.3 is 0 Å². The Morgan fingerprint density at radius 2 is 0.806 bits per heavy atom. The quantitative estimate of drug-likeness (QED) is 0.168. The third-order valence-corrected chi connectivity index (χ3v) is 13.6. The van der Waals surface area contributed by atoms with E-state index in [9.17, 15) is 0 Å². The number of hydrogen-bond acceptors (Lipinski definition) is 0. The molecule has 0 bridgehead atoms. The average molecular weight is 785 g/mol. The topological polar surface area (TPSA) is 9.86 Å². The third kappa shape index (κ3) is 4.75. The molecule has 0 atom stereocenters. The summed E-state index contributed by atoms with van der Waals surface area (Å²) in [5, 5.41) is 12.6. The van der Waals surface area contributed by atoms with E-state index in [-0.39, 0.29) is 0 Å². The van der Waals surface area contributed by atoms with Crippen molar-refractivity contribution < 1.29 is 0 Å². The van der Waals surface area contributed by atoms with E-state index in [4.69, 9.17) is 0 Å². The Bertz CT molecular complexity index is 4030. The Labute approximate surface area is 357 Å². The van der Waals surface area contributed by atoms with Crippen LogP contribution in [0.2, 0.25) is 0 Å². The molecule has 286 valence electrons. The van der Waals surface area contributed by atoms with Gasteiger partial charge in [-0.15, -0.1) is 0 Å². The number of hydrogen-bond donors (Lipinski definition) is 0. The molecule has 62 heavy (non-hydrogen) atoms. The molecule has 2 heteroatoms. The van der Waals surface area contributed by atoms with Crippen LogP contribution in [-0.2, 0) is 0 Å². The van der Waals surface area contributed by atoms with Gasteiger partial charge in [0, 0.05) is 38.3 Å². The molecule has 2 nitrogen and oxygen atoms in total. The zero-order valence-corrected chi connectivity index (χ0v) is 33.7. The fourth-order valence-corrected chi connectivity index (χ4v) is 10.8. The van der Waals surface area contributed by atoms with E-state index in [0.717, 1.165) is 11.4 Å². The molecular weight excluding hydrogens is 749 g/mol. The minimum absolute atomic E-state index is 1.15. The summed E-state index contributed by atoms with van der Waals surface area (Å²) in [5.41, 5.74) is 17.3. The molecule has 13 aromatic rings. The van der Waals surface area contributed by atoms with Crippen molar-refractivity contribution in [1.82, 2.24) is 9.13 Å². The lowest BCUT2D eigenvalue weighted by atomic mass is 9.96. The zero-order valence-electron chi connectivity index (χ0n) is 33.7. The Balaban J connectivity index is 0.930. The van der Waals surface area contributed by atoms with Crippen molar-refractivity contribution in [2.24, 2.45) is 0 Å². The van der Waals surface area contributed by atoms with E-state index in [1.54, 1.807) is 0 Å². The van der Waals surface area contributed by atoms with Crippen LogP contribution in [0.25, 0.3) is 132 Å². The molecule has 0 radical (unpaired) electrons. The first-order valence-electron chi connectivity index (χ1n) is 21.5. The smallest absolute Gasteiger partial charge is 0.0619 e. The lowest BCUT2D eigenvalue weighted by molar-refractivity contribution is 1.18. The number of para-hydroxylation sites is 2. The number of nitrogens with zero attached hydrogens (tertiary/aromatic N) is 2. The van der Waals surface area contributed by atoms with Gasteiger partial charge in [0.25, 0.3) is 0 Å². The second-order valence-corrected chi connectivity index (χ2v) is 16.9. The van der Waals surface area contributed by atoms with Gasteiger partial charge in [0.05, 0.1) is 22.1 Å². The number of fused-ring (bicyclic) bond motifs is 12. The summed E-state index contributed by atoms with van der Waals surface area (Å²) in [7, 11) is 0. The molecule has 0 N–H and O–H groups in total. The monoisotopic (exact) mass is 784 g/mol. The second kappa shape index (κ2) is 12.7. The van der Waals surface area contributed by atoms with Crippen molar-refractivity contribution >= 4 is 75.9 Å². The van der Waals surface area contributed by atoms with Crippen molar-refractivity contribution in [3.8, 4) is 55.9 Å². The summed E-state index contributed by atoms with van der Waals surface area (Å²) in [6, 6.07) is 81.1. The molecule has 1 aliphatic carbocycles. The van der Waals surface area contributed by atoms with Gasteiger partial charge in [0.2, 0.25) is 0 Å². The number of rotatable bonds is 4. The van der Waals surface area contributed by atoms with Crippen LogP contribution in [0.5, 0.6) is 0 Å². The molecular formula is C60H36N2. The molecule has 2 aromatic heterocycles. The first-order chi connectivity index (χ1) is 30.7. The normalized spacial score (nSPS) is 12.2. The van der Waals surface area contributed by atoms with Crippen molar-refractivity contribution in [1.29, 1.82) is 0 Å². The lowest BCUT2D eigenvalue weighted by Gasteiger charge is -2.13. The Morgan fingerprint density at radius 1 is 0.242 bits per heavy atom. The zero-order chi connectivity index (χ0) is 40.5. The molecule has 1 aliphatic rings. The summed E-state index contributed by atoms with van der Waals surface area (Å²) >= 11 is 0. The standard InChI is InChI=1S/C60H36N2/c1-2-13-45(14-3-1)61-56-19-7-6-16-49(56)50-29-25-43(35-57(50)61)44-26-30-51-54-31-23-37-10-4-5-15-47(37)60(54)62(58(51)36-44)46-27-22-40-32-39(20-21-41(40)33-46)42-24-28-48-52-17-8-11-38-12-9-18-53(59(38)52)55(48)34-42/h1-36H. The van der Waals surface area contributed by atoms with Crippen molar-refractivity contribution in [2.45, 2.75) is 0 Å². The summed E-state index contributed by atoms with van der Waals surface area (Å²) in [5.74, 6) is 0. The first-order valence-corrected chi connectivity index (χ1v) is 21.5. The minimum Gasteiger partial charge on any atom is -0.309 e. The van der Waals surface area contributed by atoms with Crippen molar-refractivity contribution in [3.05, 3.63) is 218 Å². The van der Waals surface area contributed by atoms with E-state index in [1.807, 2.05) is 0 Å². The maximum Gasteiger partial charge on any atom is 0.0619 e. The van der Waals surface area contributed by atoms with Crippen LogP contribution in [-0.4, -0.2) is 9.13 Å². The van der Waals surface area contributed by atoms with Crippen LogP contribution in [0.1, 0.15) is 0 Å². The van der Waals surface area contributed by atoms with Gasteiger partial charge in [-0.2, -0.15) is 0 Å². The highest BCUT2D eigenvalue weighted by molar-refractivity contribution is 6.20. The molecule has 14 rings (SSSR count). The molecule has 2 heterocycles. The SMILES string of the molecule is c1ccc(-n2c3ccccc3c3ccc(-c4ccc5c6ccc7ccccc7c6n(-c6ccc7cc(-c8ccc9c(c8)-c8cccc%10cccc-9c8%10)ccc7c6)c5c4)cc32)cc1. The largest absolute Gasteiger partial charge is 0.309 e. The highest BCUT2D eigenvalue weighted by atomic mass is 15.0. The maximum absolute atomic E-state index is 2.50. The van der Waals surface area contributed by atoms with E-state index in [0.29, 0.717) is 0 Å². The molecule has 0 unspecified atom stereocenters. The Morgan fingerprint density at radius 3 is 1.65 bits per heavy atom. The predicted molar refractivity (Wildman–Crippen MR) is 263 cm³/mol. The fraction of sp³-hybridized carbons (Fsp3) is 0. The molecule has 0 fully saturated rings. The highest BCUT2D eigenvalue weighted by Gasteiger charge is 2.22.